The van der Waals surface area contributed by atoms with Crippen LogP contribution < -0.4 is 10.1 Å². The lowest BCUT2D eigenvalue weighted by Gasteiger charge is -2.17. The molecule has 0 radical (unpaired) electrons. The second kappa shape index (κ2) is 9.20. The molecular weight excluding hydrogens is 324 g/mol. The number of methoxy groups -OCH3 is 1. The lowest BCUT2D eigenvalue weighted by atomic mass is 10.1. The summed E-state index contributed by atoms with van der Waals surface area (Å²) >= 11 is 0. The number of benzene rings is 2. The minimum absolute atomic E-state index is 0.105. The van der Waals surface area contributed by atoms with E-state index in [1.54, 1.807) is 19.3 Å². The van der Waals surface area contributed by atoms with Crippen LogP contribution in [0.3, 0.4) is 0 Å². The van der Waals surface area contributed by atoms with Crippen molar-refractivity contribution >= 4 is 12.0 Å². The Kier molecular flexibility index (Phi) is 6.45. The van der Waals surface area contributed by atoms with Crippen molar-refractivity contribution in [1.82, 2.24) is 10.2 Å². The van der Waals surface area contributed by atoms with Gasteiger partial charge in [-0.15, -0.1) is 0 Å². The van der Waals surface area contributed by atoms with E-state index in [0.29, 0.717) is 6.54 Å². The van der Waals surface area contributed by atoms with Gasteiger partial charge < -0.3 is 10.1 Å². The minimum Gasteiger partial charge on any atom is -0.496 e. The molecule has 1 heterocycles. The third-order valence-corrected chi connectivity index (χ3v) is 4.72. The van der Waals surface area contributed by atoms with Crippen LogP contribution >= 0.6 is 0 Å². The first kappa shape index (κ1) is 18.2. The summed E-state index contributed by atoms with van der Waals surface area (Å²) in [6.45, 7) is 3.84. The molecule has 2 aromatic carbocycles. The normalized spacial score (nSPS) is 14.7. The molecule has 0 spiro atoms. The Balaban J connectivity index is 1.58. The van der Waals surface area contributed by atoms with Crippen LogP contribution in [0, 0.1) is 0 Å². The molecule has 3 rings (SSSR count). The molecule has 0 saturated carbocycles. The number of carbonyl (C=O) groups excluding carboxylic acids is 1. The largest absolute Gasteiger partial charge is 0.496 e. The van der Waals surface area contributed by atoms with Gasteiger partial charge in [0.05, 0.1) is 7.11 Å². The topological polar surface area (TPSA) is 41.6 Å². The number of rotatable bonds is 7. The monoisotopic (exact) mass is 350 g/mol. The number of nitrogens with zero attached hydrogens (tertiary/aromatic N) is 1. The van der Waals surface area contributed by atoms with E-state index < -0.39 is 0 Å². The first-order valence-electron chi connectivity index (χ1n) is 9.14. The second-order valence-corrected chi connectivity index (χ2v) is 6.55. The second-order valence-electron chi connectivity index (χ2n) is 6.55. The van der Waals surface area contributed by atoms with Crippen LogP contribution in [0.25, 0.3) is 6.08 Å². The van der Waals surface area contributed by atoms with Crippen LogP contribution in [0.15, 0.2) is 54.6 Å². The molecular formula is C22H26N2O2. The summed E-state index contributed by atoms with van der Waals surface area (Å²) in [7, 11) is 1.63. The van der Waals surface area contributed by atoms with Gasteiger partial charge in [0.15, 0.2) is 0 Å². The van der Waals surface area contributed by atoms with E-state index in [2.05, 4.69) is 28.4 Å². The summed E-state index contributed by atoms with van der Waals surface area (Å²) in [5, 5.41) is 2.99. The predicted octanol–water partition coefficient (Wildman–Crippen LogP) is 3.62. The molecule has 1 amide bonds. The van der Waals surface area contributed by atoms with Crippen LogP contribution in [-0.2, 0) is 17.9 Å². The van der Waals surface area contributed by atoms with Crippen LogP contribution in [0.4, 0.5) is 0 Å². The van der Waals surface area contributed by atoms with E-state index in [1.165, 1.54) is 37.1 Å². The lowest BCUT2D eigenvalue weighted by Crippen LogP contribution is -2.23. The molecule has 1 fully saturated rings. The fourth-order valence-electron chi connectivity index (χ4n) is 3.28. The molecule has 0 unspecified atom stereocenters. The summed E-state index contributed by atoms with van der Waals surface area (Å²) in [6, 6.07) is 16.0. The van der Waals surface area contributed by atoms with Crippen LogP contribution in [0.5, 0.6) is 5.75 Å². The third kappa shape index (κ3) is 4.96. The third-order valence-electron chi connectivity index (χ3n) is 4.72. The van der Waals surface area contributed by atoms with Crippen molar-refractivity contribution in [2.24, 2.45) is 0 Å². The lowest BCUT2D eigenvalue weighted by molar-refractivity contribution is -0.116. The van der Waals surface area contributed by atoms with Crippen LogP contribution in [0.2, 0.25) is 0 Å². The van der Waals surface area contributed by atoms with E-state index >= 15 is 0 Å². The molecule has 4 nitrogen and oxygen atoms in total. The average Bonchev–Trinajstić information content (AvgIpc) is 3.19. The summed E-state index contributed by atoms with van der Waals surface area (Å²) in [4.78, 5) is 14.7. The highest BCUT2D eigenvalue weighted by molar-refractivity contribution is 5.92. The zero-order valence-electron chi connectivity index (χ0n) is 15.3. The highest BCUT2D eigenvalue weighted by Crippen LogP contribution is 2.19. The van der Waals surface area contributed by atoms with Gasteiger partial charge in [-0.3, -0.25) is 9.69 Å². The highest BCUT2D eigenvalue weighted by atomic mass is 16.5. The van der Waals surface area contributed by atoms with Gasteiger partial charge in [-0.25, -0.2) is 0 Å². The molecule has 1 aliphatic rings. The Morgan fingerprint density at radius 1 is 1.08 bits per heavy atom. The maximum atomic E-state index is 12.2. The molecule has 0 aromatic heterocycles. The molecule has 136 valence electrons. The summed E-state index contributed by atoms with van der Waals surface area (Å²) < 4.78 is 5.30. The van der Waals surface area contributed by atoms with Gasteiger partial charge >= 0.3 is 0 Å². The number of hydrogen-bond acceptors (Lipinski definition) is 3. The standard InChI is InChI=1S/C22H26N2O2/c1-26-21-11-5-4-8-18(21)12-13-22(25)23-16-19-9-2-3-10-20(19)17-24-14-6-7-15-24/h2-5,8-13H,6-7,14-17H2,1H3,(H,23,25)/b13-12+. The zero-order chi connectivity index (χ0) is 18.2. The molecule has 1 aliphatic heterocycles. The van der Waals surface area contributed by atoms with E-state index in [-0.39, 0.29) is 5.91 Å². The van der Waals surface area contributed by atoms with Crippen molar-refractivity contribution in [1.29, 1.82) is 0 Å². The fourth-order valence-corrected chi connectivity index (χ4v) is 3.28. The van der Waals surface area contributed by atoms with E-state index in [0.717, 1.165) is 17.9 Å². The maximum Gasteiger partial charge on any atom is 0.244 e. The van der Waals surface area contributed by atoms with E-state index in [4.69, 9.17) is 4.74 Å². The average molecular weight is 350 g/mol. The summed E-state index contributed by atoms with van der Waals surface area (Å²) in [6.07, 6.45) is 5.91. The smallest absolute Gasteiger partial charge is 0.244 e. The number of hydrogen-bond donors (Lipinski definition) is 1. The van der Waals surface area contributed by atoms with Crippen LogP contribution in [0.1, 0.15) is 29.5 Å². The number of carbonyl (C=O) groups is 1. The number of nitrogens with one attached hydrogen (secondary N) is 1. The quantitative estimate of drug-likeness (QED) is 0.776. The van der Waals surface area contributed by atoms with Crippen molar-refractivity contribution in [2.45, 2.75) is 25.9 Å². The fraction of sp³-hybridized carbons (Fsp3) is 0.318. The van der Waals surface area contributed by atoms with Gasteiger partial charge in [-0.05, 0) is 49.2 Å². The Morgan fingerprint density at radius 2 is 1.77 bits per heavy atom. The van der Waals surface area contributed by atoms with E-state index in [1.807, 2.05) is 30.3 Å². The Labute approximate surface area is 155 Å². The van der Waals surface area contributed by atoms with Gasteiger partial charge in [0.25, 0.3) is 0 Å². The van der Waals surface area contributed by atoms with Gasteiger partial charge in [0.2, 0.25) is 5.91 Å². The van der Waals surface area contributed by atoms with Crippen molar-refractivity contribution < 1.29 is 9.53 Å². The van der Waals surface area contributed by atoms with Crippen molar-refractivity contribution in [3.05, 3.63) is 71.3 Å². The maximum absolute atomic E-state index is 12.2. The number of para-hydroxylation sites is 1. The molecule has 0 atom stereocenters. The molecule has 4 heteroatoms. The van der Waals surface area contributed by atoms with Gasteiger partial charge in [-0.1, -0.05) is 42.5 Å². The minimum atomic E-state index is -0.105. The Bertz CT molecular complexity index is 764. The molecule has 1 N–H and O–H groups in total. The van der Waals surface area contributed by atoms with E-state index in [9.17, 15) is 4.79 Å². The van der Waals surface area contributed by atoms with Crippen molar-refractivity contribution in [2.75, 3.05) is 20.2 Å². The Morgan fingerprint density at radius 3 is 2.54 bits per heavy atom. The molecule has 26 heavy (non-hydrogen) atoms. The summed E-state index contributed by atoms with van der Waals surface area (Å²) in [5.74, 6) is 0.652. The highest BCUT2D eigenvalue weighted by Gasteiger charge is 2.13. The number of ether oxygens (including phenoxy) is 1. The zero-order valence-corrected chi connectivity index (χ0v) is 15.3. The number of likely N-dealkylation sites (tertiary alicyclic amines) is 1. The number of amides is 1. The molecule has 2 aromatic rings. The first-order valence-corrected chi connectivity index (χ1v) is 9.14. The SMILES string of the molecule is COc1ccccc1/C=C/C(=O)NCc1ccccc1CN1CCCC1. The van der Waals surface area contributed by atoms with Crippen molar-refractivity contribution in [3.8, 4) is 5.75 Å². The summed E-state index contributed by atoms with van der Waals surface area (Å²) in [5.41, 5.74) is 3.36. The predicted molar refractivity (Wildman–Crippen MR) is 105 cm³/mol. The first-order chi connectivity index (χ1) is 12.8. The Hall–Kier alpha value is -2.59. The van der Waals surface area contributed by atoms with Gasteiger partial charge in [0, 0.05) is 24.7 Å². The van der Waals surface area contributed by atoms with Crippen LogP contribution in [-0.4, -0.2) is 31.0 Å². The molecule has 0 bridgehead atoms. The van der Waals surface area contributed by atoms with Gasteiger partial charge in [-0.2, -0.15) is 0 Å². The molecule has 1 saturated heterocycles. The molecule has 0 aliphatic carbocycles. The van der Waals surface area contributed by atoms with Crippen molar-refractivity contribution in [3.63, 3.8) is 0 Å². The van der Waals surface area contributed by atoms with Gasteiger partial charge in [0.1, 0.15) is 5.75 Å².